The highest BCUT2D eigenvalue weighted by atomic mass is 16.5. The summed E-state index contributed by atoms with van der Waals surface area (Å²) in [6, 6.07) is 15.0. The molecule has 2 aromatic carbocycles. The van der Waals surface area contributed by atoms with E-state index in [9.17, 15) is 9.59 Å². The predicted molar refractivity (Wildman–Crippen MR) is 153 cm³/mol. The molecular formula is C31H42N4O3. The third-order valence-electron chi connectivity index (χ3n) is 7.54. The van der Waals surface area contributed by atoms with Crippen molar-refractivity contribution in [3.05, 3.63) is 64.7 Å². The Morgan fingerprint density at radius 1 is 0.921 bits per heavy atom. The van der Waals surface area contributed by atoms with E-state index in [1.165, 1.54) is 25.7 Å². The Hall–Kier alpha value is -3.19. The zero-order chi connectivity index (χ0) is 26.9. The van der Waals surface area contributed by atoms with Crippen LogP contribution in [-0.4, -0.2) is 58.0 Å². The summed E-state index contributed by atoms with van der Waals surface area (Å²) < 4.78 is 7.61. The van der Waals surface area contributed by atoms with Crippen LogP contribution in [0, 0.1) is 0 Å². The number of para-hydroxylation sites is 3. The Bertz CT molecular complexity index is 1260. The minimum absolute atomic E-state index is 0.0997. The van der Waals surface area contributed by atoms with Crippen molar-refractivity contribution in [2.75, 3.05) is 32.8 Å². The van der Waals surface area contributed by atoms with Crippen LogP contribution in [0.2, 0.25) is 0 Å². The van der Waals surface area contributed by atoms with Gasteiger partial charge in [0.15, 0.2) is 0 Å². The minimum atomic E-state index is -0.113. The van der Waals surface area contributed by atoms with Crippen molar-refractivity contribution in [2.45, 2.75) is 71.8 Å². The minimum Gasteiger partial charge on any atom is -0.492 e. The summed E-state index contributed by atoms with van der Waals surface area (Å²) in [5, 5.41) is 0.583. The molecule has 1 amide bonds. The van der Waals surface area contributed by atoms with Gasteiger partial charge in [0, 0.05) is 32.6 Å². The number of hydrogen-bond donors (Lipinski definition) is 0. The monoisotopic (exact) mass is 518 g/mol. The third kappa shape index (κ3) is 6.44. The van der Waals surface area contributed by atoms with Crippen LogP contribution in [0.4, 0.5) is 0 Å². The van der Waals surface area contributed by atoms with Gasteiger partial charge in [-0.3, -0.25) is 19.1 Å². The highest BCUT2D eigenvalue weighted by molar-refractivity contribution is 5.78. The quantitative estimate of drug-likeness (QED) is 0.286. The smallest absolute Gasteiger partial charge is 0.266 e. The van der Waals surface area contributed by atoms with Crippen molar-refractivity contribution in [1.29, 1.82) is 0 Å². The highest BCUT2D eigenvalue weighted by Crippen LogP contribution is 2.28. The molecule has 0 bridgehead atoms. The lowest BCUT2D eigenvalue weighted by molar-refractivity contribution is -0.133. The van der Waals surface area contributed by atoms with Gasteiger partial charge in [0.2, 0.25) is 5.91 Å². The van der Waals surface area contributed by atoms with Crippen molar-refractivity contribution >= 4 is 16.8 Å². The summed E-state index contributed by atoms with van der Waals surface area (Å²) in [6.45, 7) is 9.67. The number of nitrogens with zero attached hydrogens (tertiary/aromatic N) is 4. The molecule has 7 nitrogen and oxygen atoms in total. The molecular weight excluding hydrogens is 476 g/mol. The number of benzene rings is 2. The molecule has 38 heavy (non-hydrogen) atoms. The Morgan fingerprint density at radius 3 is 2.37 bits per heavy atom. The third-order valence-corrected chi connectivity index (χ3v) is 7.54. The SMILES string of the molecule is CCCCCCCCC(=O)N1CCN(C(C)c2nc3ccccc3c(=O)n2-c2ccccc2OCC)CC1. The molecule has 1 aliphatic heterocycles. The van der Waals surface area contributed by atoms with E-state index in [0.717, 1.165) is 25.9 Å². The number of ether oxygens (including phenoxy) is 1. The van der Waals surface area contributed by atoms with Crippen molar-refractivity contribution in [2.24, 2.45) is 0 Å². The summed E-state index contributed by atoms with van der Waals surface area (Å²) >= 11 is 0. The van der Waals surface area contributed by atoms with E-state index in [0.29, 0.717) is 54.3 Å². The van der Waals surface area contributed by atoms with Crippen molar-refractivity contribution in [1.82, 2.24) is 19.4 Å². The molecule has 0 spiro atoms. The molecule has 0 saturated carbocycles. The van der Waals surface area contributed by atoms with Gasteiger partial charge in [0.1, 0.15) is 11.6 Å². The van der Waals surface area contributed by atoms with Crippen molar-refractivity contribution in [3.8, 4) is 11.4 Å². The first-order valence-electron chi connectivity index (χ1n) is 14.3. The first-order chi connectivity index (χ1) is 18.5. The van der Waals surface area contributed by atoms with E-state index < -0.39 is 0 Å². The Kier molecular flexibility index (Phi) is 9.93. The van der Waals surface area contributed by atoms with Gasteiger partial charge in [-0.05, 0) is 44.5 Å². The van der Waals surface area contributed by atoms with Gasteiger partial charge in [-0.25, -0.2) is 4.98 Å². The van der Waals surface area contributed by atoms with E-state index in [1.54, 1.807) is 4.57 Å². The van der Waals surface area contributed by atoms with Gasteiger partial charge in [-0.15, -0.1) is 0 Å². The first-order valence-corrected chi connectivity index (χ1v) is 14.3. The van der Waals surface area contributed by atoms with E-state index in [4.69, 9.17) is 9.72 Å². The normalized spacial score (nSPS) is 15.1. The fourth-order valence-electron chi connectivity index (χ4n) is 5.32. The number of fused-ring (bicyclic) bond motifs is 1. The summed E-state index contributed by atoms with van der Waals surface area (Å²) in [5.41, 5.74) is 1.29. The molecule has 1 aliphatic rings. The Balaban J connectivity index is 1.52. The van der Waals surface area contributed by atoms with Crippen molar-refractivity contribution < 1.29 is 9.53 Å². The van der Waals surface area contributed by atoms with Gasteiger partial charge in [-0.1, -0.05) is 63.3 Å². The number of hydrogen-bond acceptors (Lipinski definition) is 5. The van der Waals surface area contributed by atoms with Crippen LogP contribution in [0.15, 0.2) is 53.3 Å². The number of carbonyl (C=O) groups is 1. The van der Waals surface area contributed by atoms with E-state index >= 15 is 0 Å². The zero-order valence-corrected chi connectivity index (χ0v) is 23.2. The zero-order valence-electron chi connectivity index (χ0n) is 23.2. The van der Waals surface area contributed by atoms with Crippen LogP contribution in [-0.2, 0) is 4.79 Å². The highest BCUT2D eigenvalue weighted by Gasteiger charge is 2.28. The molecule has 1 unspecified atom stereocenters. The van der Waals surface area contributed by atoms with Gasteiger partial charge in [0.25, 0.3) is 5.56 Å². The molecule has 1 atom stereocenters. The van der Waals surface area contributed by atoms with E-state index in [-0.39, 0.29) is 17.5 Å². The largest absolute Gasteiger partial charge is 0.492 e. The summed E-state index contributed by atoms with van der Waals surface area (Å²) in [7, 11) is 0. The number of rotatable bonds is 12. The number of piperazine rings is 1. The maximum absolute atomic E-state index is 13.8. The topological polar surface area (TPSA) is 67.7 Å². The van der Waals surface area contributed by atoms with Crippen LogP contribution in [0.1, 0.15) is 77.6 Å². The molecule has 1 saturated heterocycles. The summed E-state index contributed by atoms with van der Waals surface area (Å²) in [6.07, 6.45) is 7.77. The fourth-order valence-corrected chi connectivity index (χ4v) is 5.32. The molecule has 2 heterocycles. The Labute approximate surface area is 226 Å². The lowest BCUT2D eigenvalue weighted by atomic mass is 10.1. The van der Waals surface area contributed by atoms with Crippen LogP contribution in [0.5, 0.6) is 5.75 Å². The number of amides is 1. The number of aromatic nitrogens is 2. The molecule has 3 aromatic rings. The second-order valence-electron chi connectivity index (χ2n) is 10.1. The predicted octanol–water partition coefficient (Wildman–Crippen LogP) is 5.74. The summed E-state index contributed by atoms with van der Waals surface area (Å²) in [5.74, 6) is 1.61. The molecule has 4 rings (SSSR count). The molecule has 204 valence electrons. The molecule has 1 aromatic heterocycles. The lowest BCUT2D eigenvalue weighted by Gasteiger charge is -2.38. The van der Waals surface area contributed by atoms with Crippen LogP contribution in [0.25, 0.3) is 16.6 Å². The van der Waals surface area contributed by atoms with Gasteiger partial charge in [0.05, 0.1) is 29.2 Å². The van der Waals surface area contributed by atoms with Crippen LogP contribution >= 0.6 is 0 Å². The molecule has 0 N–H and O–H groups in total. The molecule has 0 radical (unpaired) electrons. The average molecular weight is 519 g/mol. The van der Waals surface area contributed by atoms with Gasteiger partial charge >= 0.3 is 0 Å². The second kappa shape index (κ2) is 13.6. The lowest BCUT2D eigenvalue weighted by Crippen LogP contribution is -2.49. The fraction of sp³-hybridized carbons (Fsp3) is 0.516. The molecule has 0 aliphatic carbocycles. The maximum atomic E-state index is 13.8. The van der Waals surface area contributed by atoms with Crippen LogP contribution in [0.3, 0.4) is 0 Å². The standard InChI is InChI=1S/C31H42N4O3/c1-4-6-7-8-9-10-19-29(36)34-22-20-33(21-23-34)24(3)30-32-26-16-12-11-15-25(26)31(37)35(30)27-17-13-14-18-28(27)38-5-2/h11-18,24H,4-10,19-23H2,1-3H3. The van der Waals surface area contributed by atoms with Crippen molar-refractivity contribution in [3.63, 3.8) is 0 Å². The van der Waals surface area contributed by atoms with Crippen LogP contribution < -0.4 is 10.3 Å². The van der Waals surface area contributed by atoms with E-state index in [1.807, 2.05) is 60.4 Å². The first kappa shape index (κ1) is 27.8. The molecule has 7 heteroatoms. The number of unbranched alkanes of at least 4 members (excludes halogenated alkanes) is 5. The number of carbonyl (C=O) groups excluding carboxylic acids is 1. The maximum Gasteiger partial charge on any atom is 0.266 e. The average Bonchev–Trinajstić information content (AvgIpc) is 2.95. The van der Waals surface area contributed by atoms with E-state index in [2.05, 4.69) is 18.7 Å². The second-order valence-corrected chi connectivity index (χ2v) is 10.1. The Morgan fingerprint density at radius 2 is 1.61 bits per heavy atom. The molecule has 1 fully saturated rings. The van der Waals surface area contributed by atoms with Gasteiger partial charge in [-0.2, -0.15) is 0 Å². The summed E-state index contributed by atoms with van der Waals surface area (Å²) in [4.78, 5) is 35.9. The van der Waals surface area contributed by atoms with Gasteiger partial charge < -0.3 is 9.64 Å².